The van der Waals surface area contributed by atoms with Gasteiger partial charge in [-0.05, 0) is 49.4 Å². The van der Waals surface area contributed by atoms with Gasteiger partial charge in [-0.25, -0.2) is 4.90 Å². The van der Waals surface area contributed by atoms with Crippen LogP contribution in [0.15, 0.2) is 76.6 Å². The minimum atomic E-state index is -4.68. The molecule has 1 aromatic heterocycles. The summed E-state index contributed by atoms with van der Waals surface area (Å²) in [5, 5.41) is 2.06. The van der Waals surface area contributed by atoms with E-state index in [1.807, 2.05) is 6.92 Å². The Balaban J connectivity index is 1.34. The van der Waals surface area contributed by atoms with Crippen molar-refractivity contribution in [1.82, 2.24) is 4.98 Å². The predicted molar refractivity (Wildman–Crippen MR) is 161 cm³/mol. The summed E-state index contributed by atoms with van der Waals surface area (Å²) in [4.78, 5) is 56.9. The lowest BCUT2D eigenvalue weighted by Crippen LogP contribution is -2.32. The van der Waals surface area contributed by atoms with E-state index in [0.29, 0.717) is 21.2 Å². The molecule has 0 saturated carbocycles. The summed E-state index contributed by atoms with van der Waals surface area (Å²) < 4.78 is 46.0. The molecule has 0 bridgehead atoms. The Morgan fingerprint density at radius 3 is 2.50 bits per heavy atom. The third-order valence-electron chi connectivity index (χ3n) is 7.29. The van der Waals surface area contributed by atoms with E-state index in [9.17, 15) is 32.3 Å². The van der Waals surface area contributed by atoms with Gasteiger partial charge in [0.1, 0.15) is 11.0 Å². The number of nitrogens with zero attached hydrogens (tertiary/aromatic N) is 1. The first-order valence-corrected chi connectivity index (χ1v) is 15.2. The fourth-order valence-electron chi connectivity index (χ4n) is 5.36. The molecule has 14 heteroatoms. The van der Waals surface area contributed by atoms with Crippen molar-refractivity contribution in [2.75, 3.05) is 16.8 Å². The van der Waals surface area contributed by atoms with Crippen molar-refractivity contribution in [3.63, 3.8) is 0 Å². The molecular formula is C30H21ClF3N3O5S2. The quantitative estimate of drug-likeness (QED) is 0.238. The summed E-state index contributed by atoms with van der Waals surface area (Å²) in [5.74, 6) is -3.45. The zero-order chi connectivity index (χ0) is 31.3. The lowest BCUT2D eigenvalue weighted by Gasteiger charge is -2.31. The Morgan fingerprint density at radius 1 is 1.05 bits per heavy atom. The zero-order valence-electron chi connectivity index (χ0n) is 22.6. The lowest BCUT2D eigenvalue weighted by molar-refractivity contribution is -0.137. The number of carbonyl (C=O) groups excluding carboxylic acids is 3. The summed E-state index contributed by atoms with van der Waals surface area (Å²) >= 11 is 8.37. The average Bonchev–Trinajstić information content (AvgIpc) is 3.46. The van der Waals surface area contributed by atoms with Gasteiger partial charge >= 0.3 is 11.0 Å². The van der Waals surface area contributed by atoms with Gasteiger partial charge < -0.3 is 15.0 Å². The SMILES string of the molecule is Cc1ccc(N2C(=O)[C@H]3[C@H](c4cc(Cl)ccc4OCC(=O)Nc4ccccc4C(F)(F)F)c4sc(=O)[nH]c4S[C@H]3C2=O)cc1. The summed E-state index contributed by atoms with van der Waals surface area (Å²) in [6, 6.07) is 16.0. The zero-order valence-corrected chi connectivity index (χ0v) is 25.0. The van der Waals surface area contributed by atoms with Crippen molar-refractivity contribution in [3.8, 4) is 5.75 Å². The molecule has 226 valence electrons. The van der Waals surface area contributed by atoms with Crippen LogP contribution < -0.4 is 19.8 Å². The molecule has 6 rings (SSSR count). The fourth-order valence-corrected chi connectivity index (χ4v) is 8.05. The number of nitrogens with one attached hydrogen (secondary N) is 2. The standard InChI is InChI=1S/C30H21ClF3N3O5S2/c1-14-6-9-16(10-7-14)37-27(39)23-22(24-26(36-29(41)44-24)43-25(23)28(37)40)17-12-15(31)8-11-20(17)42-13-21(38)35-19-5-3-2-4-18(19)30(32,33)34/h2-12,22-23,25H,13H2,1H3,(H,35,38)(H,36,41)/t22-,23-,25+/m0/s1. The number of alkyl halides is 3. The molecule has 0 radical (unpaired) electrons. The van der Waals surface area contributed by atoms with Crippen molar-refractivity contribution in [2.45, 2.75) is 29.3 Å². The summed E-state index contributed by atoms with van der Waals surface area (Å²) in [5.41, 5.74) is 0.270. The molecule has 3 amide bonds. The van der Waals surface area contributed by atoms with Gasteiger partial charge in [-0.15, -0.1) is 0 Å². The van der Waals surface area contributed by atoms with Gasteiger partial charge in [-0.1, -0.05) is 64.5 Å². The van der Waals surface area contributed by atoms with E-state index in [0.717, 1.165) is 45.7 Å². The van der Waals surface area contributed by atoms with Crippen LogP contribution in [0.5, 0.6) is 5.75 Å². The molecule has 2 aliphatic rings. The molecule has 8 nitrogen and oxygen atoms in total. The number of aromatic amines is 1. The average molecular weight is 660 g/mol. The highest BCUT2D eigenvalue weighted by atomic mass is 35.5. The maximum absolute atomic E-state index is 14.0. The second-order valence-electron chi connectivity index (χ2n) is 10.2. The number of thiazole rings is 1. The van der Waals surface area contributed by atoms with Crippen LogP contribution in [-0.4, -0.2) is 34.6 Å². The number of thioether (sulfide) groups is 1. The van der Waals surface area contributed by atoms with Gasteiger partial charge in [0.15, 0.2) is 6.61 Å². The molecule has 3 atom stereocenters. The molecule has 3 aromatic carbocycles. The third kappa shape index (κ3) is 5.51. The molecule has 0 spiro atoms. The Kier molecular flexibility index (Phi) is 7.80. The first-order valence-electron chi connectivity index (χ1n) is 13.1. The van der Waals surface area contributed by atoms with Gasteiger partial charge in [0, 0.05) is 21.4 Å². The van der Waals surface area contributed by atoms with Crippen molar-refractivity contribution < 1.29 is 32.3 Å². The van der Waals surface area contributed by atoms with Gasteiger partial charge in [0.2, 0.25) is 11.8 Å². The van der Waals surface area contributed by atoms with Gasteiger partial charge in [0.25, 0.3) is 5.91 Å². The first kappa shape index (κ1) is 30.0. The van der Waals surface area contributed by atoms with E-state index in [-0.39, 0.29) is 15.6 Å². The van der Waals surface area contributed by atoms with Gasteiger partial charge in [-0.3, -0.25) is 19.2 Å². The number of hydrogen-bond donors (Lipinski definition) is 2. The third-order valence-corrected chi connectivity index (χ3v) is 9.92. The number of rotatable bonds is 6. The normalized spacial score (nSPS) is 19.5. The number of anilines is 2. The van der Waals surface area contributed by atoms with E-state index in [1.165, 1.54) is 30.3 Å². The molecule has 1 fully saturated rings. The van der Waals surface area contributed by atoms with Crippen LogP contribution in [0, 0.1) is 12.8 Å². The number of H-pyrrole nitrogens is 1. The minimum Gasteiger partial charge on any atom is -0.483 e. The fraction of sp³-hybridized carbons (Fsp3) is 0.200. The summed E-state index contributed by atoms with van der Waals surface area (Å²) in [7, 11) is 0. The first-order chi connectivity index (χ1) is 20.9. The molecular weight excluding hydrogens is 639 g/mol. The van der Waals surface area contributed by atoms with Crippen molar-refractivity contribution >= 4 is 63.8 Å². The van der Waals surface area contributed by atoms with Crippen LogP contribution >= 0.6 is 34.7 Å². The number of aryl methyl sites for hydroxylation is 1. The molecule has 4 aromatic rings. The highest BCUT2D eigenvalue weighted by Gasteiger charge is 2.57. The lowest BCUT2D eigenvalue weighted by atomic mass is 9.82. The van der Waals surface area contributed by atoms with Gasteiger partial charge in [0.05, 0.1) is 27.9 Å². The number of aromatic nitrogens is 1. The number of fused-ring (bicyclic) bond motifs is 2. The molecule has 2 aliphatic heterocycles. The molecule has 0 unspecified atom stereocenters. The number of hydrogen-bond acceptors (Lipinski definition) is 7. The van der Waals surface area contributed by atoms with Gasteiger partial charge in [-0.2, -0.15) is 13.2 Å². The molecule has 2 N–H and O–H groups in total. The maximum atomic E-state index is 14.0. The summed E-state index contributed by atoms with van der Waals surface area (Å²) in [6.45, 7) is 1.21. The number of ether oxygens (including phenoxy) is 1. The largest absolute Gasteiger partial charge is 0.483 e. The van der Waals surface area contributed by atoms with Crippen LogP contribution in [0.2, 0.25) is 5.02 Å². The highest BCUT2D eigenvalue weighted by Crippen LogP contribution is 2.54. The van der Waals surface area contributed by atoms with E-state index in [4.69, 9.17) is 16.3 Å². The number of amides is 3. The number of halogens is 4. The number of para-hydroxylation sites is 1. The van der Waals surface area contributed by atoms with Crippen molar-refractivity contribution in [3.05, 3.63) is 103 Å². The Hall–Kier alpha value is -4.07. The van der Waals surface area contributed by atoms with Crippen molar-refractivity contribution in [1.29, 1.82) is 0 Å². The number of imide groups is 1. The smallest absolute Gasteiger partial charge is 0.418 e. The monoisotopic (exact) mass is 659 g/mol. The van der Waals surface area contributed by atoms with Crippen molar-refractivity contribution in [2.24, 2.45) is 5.92 Å². The van der Waals surface area contributed by atoms with E-state index >= 15 is 0 Å². The predicted octanol–water partition coefficient (Wildman–Crippen LogP) is 6.23. The topological polar surface area (TPSA) is 109 Å². The second kappa shape index (κ2) is 11.5. The maximum Gasteiger partial charge on any atom is 0.418 e. The Labute approximate surface area is 261 Å². The Morgan fingerprint density at radius 2 is 1.77 bits per heavy atom. The van der Waals surface area contributed by atoms with E-state index in [1.54, 1.807) is 24.3 Å². The van der Waals surface area contributed by atoms with Crippen LogP contribution in [0.4, 0.5) is 24.5 Å². The summed E-state index contributed by atoms with van der Waals surface area (Å²) in [6.07, 6.45) is -4.68. The molecule has 0 aliphatic carbocycles. The molecule has 44 heavy (non-hydrogen) atoms. The highest BCUT2D eigenvalue weighted by molar-refractivity contribution is 8.00. The molecule has 1 saturated heterocycles. The molecule has 3 heterocycles. The van der Waals surface area contributed by atoms with Crippen LogP contribution in [0.25, 0.3) is 0 Å². The minimum absolute atomic E-state index is 0.116. The number of carbonyl (C=O) groups is 3. The Bertz CT molecular complexity index is 1860. The van der Waals surface area contributed by atoms with E-state index < -0.39 is 58.8 Å². The number of benzene rings is 3. The van der Waals surface area contributed by atoms with Crippen LogP contribution in [0.3, 0.4) is 0 Å². The van der Waals surface area contributed by atoms with Crippen LogP contribution in [0.1, 0.15) is 27.5 Å². The second-order valence-corrected chi connectivity index (χ2v) is 12.8. The van der Waals surface area contributed by atoms with Crippen LogP contribution in [-0.2, 0) is 20.6 Å². The van der Waals surface area contributed by atoms with E-state index in [2.05, 4.69) is 10.3 Å².